The van der Waals surface area contributed by atoms with E-state index in [4.69, 9.17) is 9.72 Å². The maximum Gasteiger partial charge on any atom is 0.227 e. The molecule has 1 aliphatic heterocycles. The molecule has 5 rings (SSSR count). The molecule has 3 aromatic carbocycles. The summed E-state index contributed by atoms with van der Waals surface area (Å²) in [5.74, 6) is 0.967. The molecule has 1 amide bonds. The number of rotatable bonds is 8. The number of aliphatic hydroxyl groups is 1. The average Bonchev–Trinajstić information content (AvgIpc) is 3.44. The molecule has 7 heteroatoms. The van der Waals surface area contributed by atoms with Crippen LogP contribution in [0.3, 0.4) is 0 Å². The number of hydrogen-bond donors (Lipinski definition) is 1. The molecule has 1 aromatic heterocycles. The normalized spacial score (nSPS) is 16.7. The number of nitrogens with zero attached hydrogens (tertiary/aromatic N) is 3. The quantitative estimate of drug-likeness (QED) is 0.403. The summed E-state index contributed by atoms with van der Waals surface area (Å²) in [5, 5.41) is 10.8. The van der Waals surface area contributed by atoms with Crippen molar-refractivity contribution in [3.8, 4) is 5.75 Å². The lowest BCUT2D eigenvalue weighted by atomic mass is 10.1. The van der Waals surface area contributed by atoms with E-state index in [1.54, 1.807) is 17.0 Å². The van der Waals surface area contributed by atoms with Crippen LogP contribution in [0.15, 0.2) is 72.8 Å². The van der Waals surface area contributed by atoms with E-state index in [0.717, 1.165) is 23.3 Å². The third-order valence-corrected chi connectivity index (χ3v) is 6.48. The van der Waals surface area contributed by atoms with E-state index < -0.39 is 6.10 Å². The van der Waals surface area contributed by atoms with Crippen molar-refractivity contribution in [2.75, 3.05) is 18.1 Å². The van der Waals surface area contributed by atoms with Gasteiger partial charge in [0.15, 0.2) is 0 Å². The minimum atomic E-state index is -0.762. The van der Waals surface area contributed by atoms with Crippen LogP contribution in [0.4, 0.5) is 10.1 Å². The fraction of sp³-hybridized carbons (Fsp3) is 0.286. The van der Waals surface area contributed by atoms with Crippen molar-refractivity contribution in [3.05, 3.63) is 90.0 Å². The van der Waals surface area contributed by atoms with Crippen molar-refractivity contribution in [1.82, 2.24) is 9.55 Å². The number of amides is 1. The summed E-state index contributed by atoms with van der Waals surface area (Å²) in [6.07, 6.45) is 0.501. The zero-order valence-corrected chi connectivity index (χ0v) is 19.6. The fourth-order valence-corrected chi connectivity index (χ4v) is 4.63. The highest BCUT2D eigenvalue weighted by Crippen LogP contribution is 2.33. The van der Waals surface area contributed by atoms with Gasteiger partial charge in [0.05, 0.1) is 17.6 Å². The van der Waals surface area contributed by atoms with Gasteiger partial charge in [0, 0.05) is 24.6 Å². The Hall–Kier alpha value is -3.71. The summed E-state index contributed by atoms with van der Waals surface area (Å²) in [5.41, 5.74) is 3.62. The van der Waals surface area contributed by atoms with Crippen molar-refractivity contribution in [2.24, 2.45) is 0 Å². The Bertz CT molecular complexity index is 1320. The van der Waals surface area contributed by atoms with Gasteiger partial charge < -0.3 is 19.3 Å². The summed E-state index contributed by atoms with van der Waals surface area (Å²) in [6, 6.07) is 21.6. The Labute approximate surface area is 203 Å². The van der Waals surface area contributed by atoms with E-state index in [1.165, 1.54) is 17.7 Å². The van der Waals surface area contributed by atoms with Crippen LogP contribution < -0.4 is 9.64 Å². The van der Waals surface area contributed by atoms with Crippen LogP contribution in [-0.4, -0.2) is 39.8 Å². The zero-order chi connectivity index (χ0) is 24.4. The van der Waals surface area contributed by atoms with Gasteiger partial charge in [-0.25, -0.2) is 9.37 Å². The van der Waals surface area contributed by atoms with Crippen LogP contribution in [0, 0.1) is 5.82 Å². The van der Waals surface area contributed by atoms with Gasteiger partial charge in [-0.15, -0.1) is 0 Å². The Morgan fingerprint density at radius 2 is 1.83 bits per heavy atom. The number of aromatic nitrogens is 2. The van der Waals surface area contributed by atoms with Gasteiger partial charge in [0.1, 0.15) is 30.1 Å². The summed E-state index contributed by atoms with van der Waals surface area (Å²) in [4.78, 5) is 19.3. The number of aryl methyl sites for hydroxylation is 1. The molecule has 0 spiro atoms. The maximum atomic E-state index is 13.4. The number of anilines is 1. The summed E-state index contributed by atoms with van der Waals surface area (Å²) in [7, 11) is 0. The largest absolute Gasteiger partial charge is 0.491 e. The Morgan fingerprint density at radius 1 is 1.09 bits per heavy atom. The second-order valence-electron chi connectivity index (χ2n) is 8.91. The van der Waals surface area contributed by atoms with Gasteiger partial charge in [0.2, 0.25) is 5.91 Å². The van der Waals surface area contributed by atoms with Gasteiger partial charge in [-0.1, -0.05) is 31.2 Å². The monoisotopic (exact) mass is 473 g/mol. The molecule has 0 bridgehead atoms. The third-order valence-electron chi connectivity index (χ3n) is 6.48. The first-order chi connectivity index (χ1) is 17.0. The first-order valence-electron chi connectivity index (χ1n) is 11.9. The Kier molecular flexibility index (Phi) is 6.51. The minimum Gasteiger partial charge on any atom is -0.491 e. The van der Waals surface area contributed by atoms with Gasteiger partial charge in [0.25, 0.3) is 0 Å². The summed E-state index contributed by atoms with van der Waals surface area (Å²) in [6.45, 7) is 2.99. The maximum absolute atomic E-state index is 13.4. The standard InChI is InChI=1S/C28H28FN3O3/c1-2-19-7-13-24(14-8-19)35-18-23(33)17-32-26-6-4-3-5-25(26)30-28(32)20-15-27(34)31(16-20)22-11-9-21(29)10-12-22/h3-14,20,23,33H,2,15-18H2,1H3/t20-,23+/m1/s1. The number of ether oxygens (including phenoxy) is 1. The molecule has 1 N–H and O–H groups in total. The minimum absolute atomic E-state index is 0.0281. The summed E-state index contributed by atoms with van der Waals surface area (Å²) >= 11 is 0. The van der Waals surface area contributed by atoms with E-state index in [-0.39, 0.29) is 24.2 Å². The lowest BCUT2D eigenvalue weighted by Gasteiger charge is -2.19. The topological polar surface area (TPSA) is 67.6 Å². The van der Waals surface area contributed by atoms with E-state index >= 15 is 0 Å². The number of aliphatic hydroxyl groups excluding tert-OH is 1. The molecule has 180 valence electrons. The second kappa shape index (κ2) is 9.88. The van der Waals surface area contributed by atoms with Crippen LogP contribution in [0.2, 0.25) is 0 Å². The molecule has 0 saturated carbocycles. The van der Waals surface area contributed by atoms with Crippen molar-refractivity contribution in [1.29, 1.82) is 0 Å². The van der Waals surface area contributed by atoms with E-state index in [9.17, 15) is 14.3 Å². The van der Waals surface area contributed by atoms with E-state index in [2.05, 4.69) is 6.92 Å². The number of carbonyl (C=O) groups is 1. The molecule has 2 atom stereocenters. The molecule has 6 nitrogen and oxygen atoms in total. The molecule has 0 aliphatic carbocycles. The predicted molar refractivity (Wildman–Crippen MR) is 133 cm³/mol. The lowest BCUT2D eigenvalue weighted by molar-refractivity contribution is -0.117. The fourth-order valence-electron chi connectivity index (χ4n) is 4.63. The van der Waals surface area contributed by atoms with E-state index in [0.29, 0.717) is 30.9 Å². The molecular weight excluding hydrogens is 445 g/mol. The third kappa shape index (κ3) is 4.91. The van der Waals surface area contributed by atoms with Crippen molar-refractivity contribution < 1.29 is 19.0 Å². The van der Waals surface area contributed by atoms with Crippen molar-refractivity contribution in [2.45, 2.75) is 38.3 Å². The van der Waals surface area contributed by atoms with Crippen LogP contribution in [0.5, 0.6) is 5.75 Å². The highest BCUT2D eigenvalue weighted by Gasteiger charge is 2.35. The number of carbonyl (C=O) groups excluding carboxylic acids is 1. The van der Waals surface area contributed by atoms with Gasteiger partial charge in [-0.2, -0.15) is 0 Å². The molecule has 4 aromatic rings. The first kappa shape index (κ1) is 23.1. The number of hydrogen-bond acceptors (Lipinski definition) is 4. The van der Waals surface area contributed by atoms with Gasteiger partial charge in [-0.05, 0) is 60.5 Å². The number of halogens is 1. The van der Waals surface area contributed by atoms with Gasteiger partial charge in [-0.3, -0.25) is 4.79 Å². The smallest absolute Gasteiger partial charge is 0.227 e. The van der Waals surface area contributed by atoms with Crippen LogP contribution >= 0.6 is 0 Å². The molecule has 0 radical (unpaired) electrons. The predicted octanol–water partition coefficient (Wildman–Crippen LogP) is 4.70. The molecule has 0 unspecified atom stereocenters. The number of benzene rings is 3. The Balaban J connectivity index is 1.35. The molecule has 1 saturated heterocycles. The van der Waals surface area contributed by atoms with E-state index in [1.807, 2.05) is 53.1 Å². The summed E-state index contributed by atoms with van der Waals surface area (Å²) < 4.78 is 21.2. The van der Waals surface area contributed by atoms with Crippen LogP contribution in [-0.2, 0) is 17.8 Å². The second-order valence-corrected chi connectivity index (χ2v) is 8.91. The van der Waals surface area contributed by atoms with Gasteiger partial charge >= 0.3 is 0 Å². The molecule has 1 aliphatic rings. The highest BCUT2D eigenvalue weighted by atomic mass is 19.1. The van der Waals surface area contributed by atoms with Crippen LogP contribution in [0.25, 0.3) is 11.0 Å². The molecular formula is C28H28FN3O3. The average molecular weight is 474 g/mol. The molecule has 35 heavy (non-hydrogen) atoms. The highest BCUT2D eigenvalue weighted by molar-refractivity contribution is 5.96. The number of fused-ring (bicyclic) bond motifs is 1. The lowest BCUT2D eigenvalue weighted by Crippen LogP contribution is -2.26. The molecule has 2 heterocycles. The molecule has 1 fully saturated rings. The Morgan fingerprint density at radius 3 is 2.57 bits per heavy atom. The van der Waals surface area contributed by atoms with Crippen LogP contribution in [0.1, 0.15) is 30.7 Å². The zero-order valence-electron chi connectivity index (χ0n) is 19.6. The van der Waals surface area contributed by atoms with Crippen molar-refractivity contribution in [3.63, 3.8) is 0 Å². The SMILES string of the molecule is CCc1ccc(OC[C@@H](O)Cn2c([C@@H]3CC(=O)N(c4ccc(F)cc4)C3)nc3ccccc32)cc1. The number of para-hydroxylation sites is 2. The number of imidazole rings is 1. The first-order valence-corrected chi connectivity index (χ1v) is 11.9. The van der Waals surface area contributed by atoms with Crippen molar-refractivity contribution >= 4 is 22.6 Å².